The third-order valence-electron chi connectivity index (χ3n) is 11.3. The van der Waals surface area contributed by atoms with E-state index in [0.717, 1.165) is 51.4 Å². The molecule has 1 saturated carbocycles. The molecule has 0 heterocycles. The molecule has 0 aromatic heterocycles. The number of carbonyl (C=O) groups is 1. The minimum absolute atomic E-state index is 0.254. The molecular weight excluding hydrogens is 777 g/mol. The summed E-state index contributed by atoms with van der Waals surface area (Å²) < 4.78 is 22.8. The summed E-state index contributed by atoms with van der Waals surface area (Å²) >= 11 is 0. The number of unbranched alkanes of at least 4 members (excludes halogenated alkanes) is 23. The van der Waals surface area contributed by atoms with Crippen molar-refractivity contribution in [2.24, 2.45) is 0 Å². The summed E-state index contributed by atoms with van der Waals surface area (Å²) in [4.78, 5) is 23.4. The van der Waals surface area contributed by atoms with Crippen LogP contribution in [0.1, 0.15) is 194 Å². The maximum atomic E-state index is 13.0. The molecule has 14 heteroatoms. The summed E-state index contributed by atoms with van der Waals surface area (Å²) in [6.45, 7) is 3.72. The number of carbonyl (C=O) groups excluding carboxylic acids is 1. The minimum Gasteiger partial charge on any atom is -0.393 e. The number of hydrogen-bond acceptors (Lipinski definition) is 11. The van der Waals surface area contributed by atoms with E-state index >= 15 is 0 Å². The molecule has 0 spiro atoms. The lowest BCUT2D eigenvalue weighted by molar-refractivity contribution is -0.220. The average Bonchev–Trinajstić information content (AvgIpc) is 3.21. The minimum atomic E-state index is -5.14. The maximum absolute atomic E-state index is 13.0. The normalized spacial score (nSPS) is 23.8. The highest BCUT2D eigenvalue weighted by Gasteiger charge is 2.51. The number of nitrogens with one attached hydrogen (secondary N) is 1. The van der Waals surface area contributed by atoms with E-state index in [1.54, 1.807) is 6.08 Å². The van der Waals surface area contributed by atoms with Gasteiger partial charge in [0.15, 0.2) is 0 Å². The van der Waals surface area contributed by atoms with Crippen molar-refractivity contribution >= 4 is 13.7 Å². The fourth-order valence-electron chi connectivity index (χ4n) is 7.41. The van der Waals surface area contributed by atoms with Crippen molar-refractivity contribution < 1.29 is 59.0 Å². The molecule has 0 saturated heterocycles. The fourth-order valence-corrected chi connectivity index (χ4v) is 8.38. The number of aliphatic hydroxyl groups is 7. The van der Waals surface area contributed by atoms with Crippen LogP contribution in [0.15, 0.2) is 24.3 Å². The summed E-state index contributed by atoms with van der Waals surface area (Å²) in [7, 11) is -5.14. The Hall–Kier alpha value is -1.22. The molecule has 0 bridgehead atoms. The lowest BCUT2D eigenvalue weighted by Gasteiger charge is -2.41. The lowest BCUT2D eigenvalue weighted by atomic mass is 9.85. The van der Waals surface area contributed by atoms with Crippen LogP contribution >= 0.6 is 7.82 Å². The van der Waals surface area contributed by atoms with E-state index in [1.807, 2.05) is 0 Å². The fraction of sp³-hybridized carbons (Fsp3) is 0.889. The van der Waals surface area contributed by atoms with Crippen LogP contribution in [0, 0.1) is 0 Å². The van der Waals surface area contributed by atoms with E-state index in [-0.39, 0.29) is 6.42 Å². The summed E-state index contributed by atoms with van der Waals surface area (Å²) in [5, 5.41) is 74.4. The Balaban J connectivity index is 2.55. The molecule has 8 unspecified atom stereocenters. The van der Waals surface area contributed by atoms with Crippen molar-refractivity contribution in [3.63, 3.8) is 0 Å². The third kappa shape index (κ3) is 27.5. The third-order valence-corrected chi connectivity index (χ3v) is 12.3. The summed E-state index contributed by atoms with van der Waals surface area (Å²) in [6, 6.07) is -1.24. The van der Waals surface area contributed by atoms with Crippen LogP contribution < -0.4 is 5.32 Å². The highest BCUT2D eigenvalue weighted by Crippen LogP contribution is 2.47. The van der Waals surface area contributed by atoms with Crippen LogP contribution in [-0.4, -0.2) is 108 Å². The second-order valence-electron chi connectivity index (χ2n) is 16.8. The molecule has 13 nitrogen and oxygen atoms in total. The first kappa shape index (κ1) is 55.8. The molecular formula is C45H86NO12P. The van der Waals surface area contributed by atoms with E-state index in [1.165, 1.54) is 115 Å². The van der Waals surface area contributed by atoms with Gasteiger partial charge in [-0.2, -0.15) is 0 Å². The van der Waals surface area contributed by atoms with Crippen molar-refractivity contribution in [2.45, 2.75) is 249 Å². The number of phosphoric acid groups is 1. The molecule has 1 amide bonds. The van der Waals surface area contributed by atoms with Gasteiger partial charge in [0.25, 0.3) is 0 Å². The van der Waals surface area contributed by atoms with Gasteiger partial charge in [-0.1, -0.05) is 167 Å². The van der Waals surface area contributed by atoms with Crippen molar-refractivity contribution in [2.75, 3.05) is 6.61 Å². The molecule has 1 fully saturated rings. The van der Waals surface area contributed by atoms with Crippen molar-refractivity contribution in [3.05, 3.63) is 24.3 Å². The topological polar surface area (TPSA) is 226 Å². The van der Waals surface area contributed by atoms with Crippen molar-refractivity contribution in [3.8, 4) is 0 Å². The molecule has 0 aromatic rings. The van der Waals surface area contributed by atoms with Gasteiger partial charge in [-0.3, -0.25) is 13.8 Å². The summed E-state index contributed by atoms with van der Waals surface area (Å²) in [5.74, 6) is -0.601. The molecule has 1 rings (SSSR count). The van der Waals surface area contributed by atoms with E-state index in [9.17, 15) is 50.0 Å². The van der Waals surface area contributed by atoms with Crippen LogP contribution in [0.25, 0.3) is 0 Å². The van der Waals surface area contributed by atoms with Gasteiger partial charge in [-0.15, -0.1) is 0 Å². The van der Waals surface area contributed by atoms with Crippen LogP contribution in [0.4, 0.5) is 0 Å². The van der Waals surface area contributed by atoms with E-state index in [2.05, 4.69) is 31.3 Å². The zero-order valence-corrected chi connectivity index (χ0v) is 37.6. The number of phosphoric ester groups is 1. The Morgan fingerprint density at radius 2 is 0.983 bits per heavy atom. The van der Waals surface area contributed by atoms with Gasteiger partial charge in [0.05, 0.1) is 31.3 Å². The average molecular weight is 864 g/mol. The van der Waals surface area contributed by atoms with Gasteiger partial charge < -0.3 is 46.0 Å². The zero-order chi connectivity index (χ0) is 43.7. The van der Waals surface area contributed by atoms with E-state index < -0.39 is 75.2 Å². The van der Waals surface area contributed by atoms with E-state index in [0.29, 0.717) is 12.8 Å². The number of hydrogen-bond donors (Lipinski definition) is 9. The predicted molar refractivity (Wildman–Crippen MR) is 234 cm³/mol. The second-order valence-corrected chi connectivity index (χ2v) is 18.2. The second kappa shape index (κ2) is 35.3. The maximum Gasteiger partial charge on any atom is 0.472 e. The monoisotopic (exact) mass is 864 g/mol. The number of allylic oxidation sites excluding steroid dienone is 3. The smallest absolute Gasteiger partial charge is 0.393 e. The van der Waals surface area contributed by atoms with Crippen molar-refractivity contribution in [1.82, 2.24) is 5.32 Å². The highest BCUT2D eigenvalue weighted by atomic mass is 31.2. The van der Waals surface area contributed by atoms with Gasteiger partial charge in [0.1, 0.15) is 36.6 Å². The first-order valence-corrected chi connectivity index (χ1v) is 24.9. The molecule has 0 aromatic carbocycles. The molecule has 1 aliphatic rings. The van der Waals surface area contributed by atoms with Crippen LogP contribution in [0.3, 0.4) is 0 Å². The predicted octanol–water partition coefficient (Wildman–Crippen LogP) is 7.59. The first-order chi connectivity index (χ1) is 28.3. The van der Waals surface area contributed by atoms with Gasteiger partial charge in [-0.25, -0.2) is 4.57 Å². The largest absolute Gasteiger partial charge is 0.472 e. The highest BCUT2D eigenvalue weighted by molar-refractivity contribution is 7.47. The van der Waals surface area contributed by atoms with Gasteiger partial charge >= 0.3 is 7.82 Å². The van der Waals surface area contributed by atoms with Crippen LogP contribution in [-0.2, 0) is 18.4 Å². The number of aliphatic hydroxyl groups excluding tert-OH is 7. The van der Waals surface area contributed by atoms with Gasteiger partial charge in [0, 0.05) is 0 Å². The Bertz CT molecular complexity index is 1110. The Labute approximate surface area is 356 Å². The Kier molecular flexibility index (Phi) is 33.3. The standard InChI is InChI=1S/C45H86NO12P/c1-3-5-7-9-11-13-15-17-18-19-21-22-24-26-28-30-32-36(47)34-39(49)46-37(38(48)33-31-29-27-25-23-20-16-14-12-10-8-6-4-2)35-57-59(55,56)58-45-43(53)41(51)40(50)42(52)44(45)54/h21-22,31,33,36-38,40-45,47-48,50-54H,3-20,23-30,32,34-35H2,1-2H3,(H,46,49)(H,55,56)/b22-21-,33-31+. The zero-order valence-electron chi connectivity index (χ0n) is 36.7. The Morgan fingerprint density at radius 1 is 0.593 bits per heavy atom. The number of amides is 1. The molecule has 9 N–H and O–H groups in total. The van der Waals surface area contributed by atoms with Crippen molar-refractivity contribution in [1.29, 1.82) is 0 Å². The van der Waals surface area contributed by atoms with Crippen LogP contribution in [0.2, 0.25) is 0 Å². The van der Waals surface area contributed by atoms with Gasteiger partial charge in [0.2, 0.25) is 5.91 Å². The molecule has 348 valence electrons. The molecule has 0 radical (unpaired) electrons. The Morgan fingerprint density at radius 3 is 1.44 bits per heavy atom. The van der Waals surface area contributed by atoms with Gasteiger partial charge in [-0.05, 0) is 44.9 Å². The summed E-state index contributed by atoms with van der Waals surface area (Å²) in [6.07, 6.45) is 24.1. The van der Waals surface area contributed by atoms with Crippen LogP contribution in [0.5, 0.6) is 0 Å². The molecule has 8 atom stereocenters. The number of rotatable bonds is 38. The summed E-state index contributed by atoms with van der Waals surface area (Å²) in [5.41, 5.74) is 0. The molecule has 1 aliphatic carbocycles. The molecule has 59 heavy (non-hydrogen) atoms. The lowest BCUT2D eigenvalue weighted by Crippen LogP contribution is -2.64. The quantitative estimate of drug-likeness (QED) is 0.0166. The SMILES string of the molecule is CCCCCCCCCCC/C=C\CCCCCC(O)CC(=O)NC(COP(=O)(O)OC1C(O)C(O)C(O)C(O)C1O)C(O)/C=C/CCCCCCCCCCCCC. The first-order valence-electron chi connectivity index (χ1n) is 23.4. The molecule has 0 aliphatic heterocycles. The van der Waals surface area contributed by atoms with E-state index in [4.69, 9.17) is 9.05 Å².